The first-order chi connectivity index (χ1) is 8.16. The lowest BCUT2D eigenvalue weighted by Gasteiger charge is -2.08. The van der Waals surface area contributed by atoms with Crippen LogP contribution in [-0.2, 0) is 6.54 Å². The maximum Gasteiger partial charge on any atom is 0.128 e. The van der Waals surface area contributed by atoms with Gasteiger partial charge in [-0.2, -0.15) is 0 Å². The molecule has 88 valence electrons. The molecule has 1 N–H and O–H groups in total. The molecule has 0 atom stereocenters. The highest BCUT2D eigenvalue weighted by Gasteiger charge is 2.02. The first-order valence-electron chi connectivity index (χ1n) is 5.09. The summed E-state index contributed by atoms with van der Waals surface area (Å²) in [5.74, 6) is -0.205. The van der Waals surface area contributed by atoms with Crippen molar-refractivity contribution < 1.29 is 4.39 Å². The Hall–Kier alpha value is -1.06. The van der Waals surface area contributed by atoms with Gasteiger partial charge < -0.3 is 5.32 Å². The molecule has 0 heterocycles. The second-order valence-electron chi connectivity index (χ2n) is 3.57. The van der Waals surface area contributed by atoms with Crippen molar-refractivity contribution >= 4 is 33.2 Å². The van der Waals surface area contributed by atoms with Crippen molar-refractivity contribution in [3.63, 3.8) is 0 Å². The highest BCUT2D eigenvalue weighted by Crippen LogP contribution is 2.25. The van der Waals surface area contributed by atoms with Crippen molar-refractivity contribution in [1.82, 2.24) is 0 Å². The van der Waals surface area contributed by atoms with Crippen LogP contribution in [0.15, 0.2) is 46.9 Å². The van der Waals surface area contributed by atoms with E-state index in [4.69, 9.17) is 11.6 Å². The van der Waals surface area contributed by atoms with Crippen molar-refractivity contribution in [3.05, 3.63) is 63.3 Å². The average Bonchev–Trinajstić information content (AvgIpc) is 2.32. The van der Waals surface area contributed by atoms with E-state index in [1.807, 2.05) is 18.2 Å². The molecule has 1 nitrogen and oxygen atoms in total. The minimum Gasteiger partial charge on any atom is -0.381 e. The Morgan fingerprint density at radius 3 is 2.65 bits per heavy atom. The number of anilines is 1. The second-order valence-corrected chi connectivity index (χ2v) is 4.84. The number of hydrogen-bond acceptors (Lipinski definition) is 1. The molecule has 2 aromatic rings. The quantitative estimate of drug-likeness (QED) is 0.853. The summed E-state index contributed by atoms with van der Waals surface area (Å²) < 4.78 is 14.2. The monoisotopic (exact) mass is 313 g/mol. The van der Waals surface area contributed by atoms with Gasteiger partial charge in [0.25, 0.3) is 0 Å². The van der Waals surface area contributed by atoms with Crippen LogP contribution >= 0.6 is 27.5 Å². The predicted molar refractivity (Wildman–Crippen MR) is 72.9 cm³/mol. The fraction of sp³-hybridized carbons (Fsp3) is 0.0769. The first kappa shape index (κ1) is 12.4. The molecule has 0 unspecified atom stereocenters. The van der Waals surface area contributed by atoms with Crippen LogP contribution in [0.1, 0.15) is 5.56 Å². The van der Waals surface area contributed by atoms with Crippen LogP contribution in [0.25, 0.3) is 0 Å². The second kappa shape index (κ2) is 5.52. The minimum absolute atomic E-state index is 0.205. The van der Waals surface area contributed by atoms with E-state index in [1.54, 1.807) is 18.2 Å². The average molecular weight is 315 g/mol. The minimum atomic E-state index is -0.205. The Morgan fingerprint density at radius 2 is 1.94 bits per heavy atom. The van der Waals surface area contributed by atoms with Crippen molar-refractivity contribution in [3.8, 4) is 0 Å². The predicted octanol–water partition coefficient (Wildman–Crippen LogP) is 4.85. The molecule has 0 aromatic heterocycles. The van der Waals surface area contributed by atoms with Crippen LogP contribution in [0.2, 0.25) is 5.02 Å². The number of hydrogen-bond donors (Lipinski definition) is 1. The van der Waals surface area contributed by atoms with Crippen LogP contribution in [0.5, 0.6) is 0 Å². The number of benzene rings is 2. The Labute approximate surface area is 113 Å². The molecule has 0 saturated carbocycles. The van der Waals surface area contributed by atoms with Gasteiger partial charge in [0.1, 0.15) is 5.82 Å². The molecule has 0 aliphatic heterocycles. The number of halogens is 3. The third-order valence-electron chi connectivity index (χ3n) is 2.36. The van der Waals surface area contributed by atoms with Gasteiger partial charge in [0.15, 0.2) is 0 Å². The zero-order chi connectivity index (χ0) is 12.3. The molecule has 0 amide bonds. The first-order valence-corrected chi connectivity index (χ1v) is 6.26. The van der Waals surface area contributed by atoms with Gasteiger partial charge in [-0.05, 0) is 40.2 Å². The van der Waals surface area contributed by atoms with Gasteiger partial charge in [-0.25, -0.2) is 4.39 Å². The third kappa shape index (κ3) is 3.20. The zero-order valence-corrected chi connectivity index (χ0v) is 11.2. The van der Waals surface area contributed by atoms with E-state index in [1.165, 1.54) is 6.07 Å². The Kier molecular flexibility index (Phi) is 4.02. The summed E-state index contributed by atoms with van der Waals surface area (Å²) in [4.78, 5) is 0. The summed E-state index contributed by atoms with van der Waals surface area (Å²) in [5, 5.41) is 3.75. The van der Waals surface area contributed by atoms with Gasteiger partial charge in [0, 0.05) is 22.3 Å². The lowest BCUT2D eigenvalue weighted by atomic mass is 10.2. The zero-order valence-electron chi connectivity index (χ0n) is 8.88. The van der Waals surface area contributed by atoms with Gasteiger partial charge in [0.2, 0.25) is 0 Å². The number of nitrogens with one attached hydrogen (secondary N) is 1. The standard InChI is InChI=1S/C13H10BrClFN/c14-11-6-5-10(7-12(11)15)17-8-9-3-1-2-4-13(9)16/h1-7,17H,8H2. The normalized spacial score (nSPS) is 10.3. The summed E-state index contributed by atoms with van der Waals surface area (Å²) in [6.07, 6.45) is 0. The SMILES string of the molecule is Fc1ccccc1CNc1ccc(Br)c(Cl)c1. The summed E-state index contributed by atoms with van der Waals surface area (Å²) in [6, 6.07) is 12.2. The van der Waals surface area contributed by atoms with Crippen molar-refractivity contribution in [2.45, 2.75) is 6.54 Å². The van der Waals surface area contributed by atoms with E-state index in [0.29, 0.717) is 17.1 Å². The van der Waals surface area contributed by atoms with Gasteiger partial charge in [-0.3, -0.25) is 0 Å². The fourth-order valence-corrected chi connectivity index (χ4v) is 1.87. The van der Waals surface area contributed by atoms with E-state index in [-0.39, 0.29) is 5.82 Å². The molecule has 2 rings (SSSR count). The summed E-state index contributed by atoms with van der Waals surface area (Å²) >= 11 is 9.28. The van der Waals surface area contributed by atoms with Crippen molar-refractivity contribution in [2.75, 3.05) is 5.32 Å². The molecule has 0 aliphatic rings. The van der Waals surface area contributed by atoms with Gasteiger partial charge in [0.05, 0.1) is 5.02 Å². The summed E-state index contributed by atoms with van der Waals surface area (Å²) in [7, 11) is 0. The smallest absolute Gasteiger partial charge is 0.128 e. The molecule has 0 saturated heterocycles. The molecule has 0 bridgehead atoms. The highest BCUT2D eigenvalue weighted by molar-refractivity contribution is 9.10. The van der Waals surface area contributed by atoms with Gasteiger partial charge in [-0.1, -0.05) is 29.8 Å². The lowest BCUT2D eigenvalue weighted by molar-refractivity contribution is 0.613. The van der Waals surface area contributed by atoms with Crippen LogP contribution in [-0.4, -0.2) is 0 Å². The molecule has 17 heavy (non-hydrogen) atoms. The molecule has 2 aromatic carbocycles. The molecule has 0 radical (unpaired) electrons. The maximum atomic E-state index is 13.4. The van der Waals surface area contributed by atoms with Crippen LogP contribution in [0, 0.1) is 5.82 Å². The highest BCUT2D eigenvalue weighted by atomic mass is 79.9. The van der Waals surface area contributed by atoms with Crippen LogP contribution in [0.3, 0.4) is 0 Å². The van der Waals surface area contributed by atoms with Crippen molar-refractivity contribution in [1.29, 1.82) is 0 Å². The van der Waals surface area contributed by atoms with E-state index in [9.17, 15) is 4.39 Å². The Bertz CT molecular complexity index is 531. The fourth-order valence-electron chi connectivity index (χ4n) is 1.45. The van der Waals surface area contributed by atoms with E-state index >= 15 is 0 Å². The molecule has 0 fully saturated rings. The van der Waals surface area contributed by atoms with Gasteiger partial charge >= 0.3 is 0 Å². The summed E-state index contributed by atoms with van der Waals surface area (Å²) in [5.41, 5.74) is 1.49. The topological polar surface area (TPSA) is 12.0 Å². The maximum absolute atomic E-state index is 13.4. The third-order valence-corrected chi connectivity index (χ3v) is 3.59. The van der Waals surface area contributed by atoms with Gasteiger partial charge in [-0.15, -0.1) is 0 Å². The summed E-state index contributed by atoms with van der Waals surface area (Å²) in [6.45, 7) is 0.435. The molecule has 0 aliphatic carbocycles. The van der Waals surface area contributed by atoms with E-state index < -0.39 is 0 Å². The Balaban J connectivity index is 2.08. The van der Waals surface area contributed by atoms with Crippen LogP contribution in [0.4, 0.5) is 10.1 Å². The van der Waals surface area contributed by atoms with Crippen LogP contribution < -0.4 is 5.32 Å². The largest absolute Gasteiger partial charge is 0.381 e. The van der Waals surface area contributed by atoms with E-state index in [0.717, 1.165) is 10.2 Å². The van der Waals surface area contributed by atoms with Crippen molar-refractivity contribution in [2.24, 2.45) is 0 Å². The Morgan fingerprint density at radius 1 is 1.18 bits per heavy atom. The lowest BCUT2D eigenvalue weighted by Crippen LogP contribution is -2.01. The molecule has 0 spiro atoms. The van der Waals surface area contributed by atoms with E-state index in [2.05, 4.69) is 21.2 Å². The molecule has 4 heteroatoms. The molecular formula is C13H10BrClFN. The molecular weight excluding hydrogens is 305 g/mol. The number of rotatable bonds is 3.